The van der Waals surface area contributed by atoms with E-state index < -0.39 is 0 Å². The number of nitrogens with two attached hydrogens (primary N) is 1. The molecule has 1 aromatic rings. The maximum atomic E-state index is 5.67. The summed E-state index contributed by atoms with van der Waals surface area (Å²) in [7, 11) is 1.63. The highest BCUT2D eigenvalue weighted by Gasteiger charge is 2.06. The fraction of sp³-hybridized carbons (Fsp3) is 0.500. The van der Waals surface area contributed by atoms with E-state index in [0.29, 0.717) is 19.1 Å². The van der Waals surface area contributed by atoms with E-state index in [1.54, 1.807) is 7.11 Å². The molecule has 0 spiro atoms. The molecule has 0 aromatic carbocycles. The summed E-state index contributed by atoms with van der Waals surface area (Å²) in [5, 5.41) is 0.210. The lowest BCUT2D eigenvalue weighted by atomic mass is 10.5. The Morgan fingerprint density at radius 1 is 1.43 bits per heavy atom. The van der Waals surface area contributed by atoms with Crippen LogP contribution >= 0.6 is 11.6 Å². The Morgan fingerprint density at radius 2 is 2.21 bits per heavy atom. The molecular formula is C8H12ClN3O2. The number of methoxy groups -OCH3 is 1. The molecule has 0 aliphatic rings. The molecule has 0 aliphatic heterocycles. The number of nitrogen functional groups attached to an aromatic ring is 1. The Kier molecular flexibility index (Phi) is 4.42. The van der Waals surface area contributed by atoms with Gasteiger partial charge in [-0.05, 0) is 0 Å². The zero-order valence-corrected chi connectivity index (χ0v) is 8.62. The van der Waals surface area contributed by atoms with E-state index in [0.717, 1.165) is 6.42 Å². The van der Waals surface area contributed by atoms with Gasteiger partial charge in [0.25, 0.3) is 0 Å². The van der Waals surface area contributed by atoms with Gasteiger partial charge in [0.1, 0.15) is 12.0 Å². The number of halogens is 1. The lowest BCUT2D eigenvalue weighted by molar-refractivity contribution is 0.171. The van der Waals surface area contributed by atoms with Crippen molar-refractivity contribution in [1.82, 2.24) is 9.97 Å². The van der Waals surface area contributed by atoms with Gasteiger partial charge in [-0.2, -0.15) is 4.98 Å². The van der Waals surface area contributed by atoms with E-state index >= 15 is 0 Å². The standard InChI is InChI=1S/C8H12ClN3O2/c1-13-3-2-4-14-8-6(10)7(9)11-5-12-8/h5H,2-4,10H2,1H3. The van der Waals surface area contributed by atoms with Gasteiger partial charge in [-0.1, -0.05) is 11.6 Å². The number of rotatable bonds is 5. The van der Waals surface area contributed by atoms with Gasteiger partial charge in [0.2, 0.25) is 5.88 Å². The molecular weight excluding hydrogens is 206 g/mol. The molecule has 2 N–H and O–H groups in total. The molecule has 0 saturated carbocycles. The minimum atomic E-state index is 0.210. The Hall–Kier alpha value is -1.07. The van der Waals surface area contributed by atoms with Crippen molar-refractivity contribution in [1.29, 1.82) is 0 Å². The maximum absolute atomic E-state index is 5.67. The molecule has 0 bridgehead atoms. The Balaban J connectivity index is 2.46. The number of anilines is 1. The van der Waals surface area contributed by atoms with E-state index in [9.17, 15) is 0 Å². The van der Waals surface area contributed by atoms with Gasteiger partial charge in [-0.3, -0.25) is 0 Å². The van der Waals surface area contributed by atoms with Gasteiger partial charge < -0.3 is 15.2 Å². The van der Waals surface area contributed by atoms with Crippen LogP contribution in [0, 0.1) is 0 Å². The number of nitrogens with zero attached hydrogens (tertiary/aromatic N) is 2. The van der Waals surface area contributed by atoms with E-state index in [4.69, 9.17) is 26.8 Å². The van der Waals surface area contributed by atoms with E-state index in [2.05, 4.69) is 9.97 Å². The molecule has 78 valence electrons. The zero-order valence-electron chi connectivity index (χ0n) is 7.86. The molecule has 5 nitrogen and oxygen atoms in total. The van der Waals surface area contributed by atoms with Crippen molar-refractivity contribution in [2.45, 2.75) is 6.42 Å². The van der Waals surface area contributed by atoms with Crippen LogP contribution in [-0.4, -0.2) is 30.3 Å². The summed E-state index contributed by atoms with van der Waals surface area (Å²) in [6, 6.07) is 0. The SMILES string of the molecule is COCCCOc1ncnc(Cl)c1N. The summed E-state index contributed by atoms with van der Waals surface area (Å²) in [5.41, 5.74) is 5.85. The van der Waals surface area contributed by atoms with Gasteiger partial charge in [-0.25, -0.2) is 4.98 Å². The second kappa shape index (κ2) is 5.62. The van der Waals surface area contributed by atoms with Crippen LogP contribution in [0.5, 0.6) is 5.88 Å². The first-order valence-electron chi connectivity index (χ1n) is 4.13. The normalized spacial score (nSPS) is 10.1. The van der Waals surface area contributed by atoms with Crippen LogP contribution < -0.4 is 10.5 Å². The number of hydrogen-bond acceptors (Lipinski definition) is 5. The minimum absolute atomic E-state index is 0.210. The molecule has 0 radical (unpaired) electrons. The van der Waals surface area contributed by atoms with E-state index in [1.165, 1.54) is 6.33 Å². The molecule has 0 amide bonds. The summed E-state index contributed by atoms with van der Waals surface area (Å²) >= 11 is 5.67. The van der Waals surface area contributed by atoms with Gasteiger partial charge in [0.15, 0.2) is 5.15 Å². The highest BCUT2D eigenvalue weighted by molar-refractivity contribution is 6.32. The van der Waals surface area contributed by atoms with Gasteiger partial charge >= 0.3 is 0 Å². The van der Waals surface area contributed by atoms with Crippen molar-refractivity contribution in [3.05, 3.63) is 11.5 Å². The third-order valence-electron chi connectivity index (χ3n) is 1.53. The van der Waals surface area contributed by atoms with Crippen LogP contribution in [0.4, 0.5) is 5.69 Å². The number of hydrogen-bond donors (Lipinski definition) is 1. The second-order valence-corrected chi connectivity index (χ2v) is 2.94. The second-order valence-electron chi connectivity index (χ2n) is 2.58. The van der Waals surface area contributed by atoms with Crippen molar-refractivity contribution in [3.8, 4) is 5.88 Å². The fourth-order valence-corrected chi connectivity index (χ4v) is 0.971. The van der Waals surface area contributed by atoms with Crippen LogP contribution in [0.1, 0.15) is 6.42 Å². The van der Waals surface area contributed by atoms with Crippen LogP contribution in [0.25, 0.3) is 0 Å². The Morgan fingerprint density at radius 3 is 2.93 bits per heavy atom. The van der Waals surface area contributed by atoms with Crippen LogP contribution in [0.15, 0.2) is 6.33 Å². The first kappa shape index (κ1) is 11.0. The molecule has 1 rings (SSSR count). The first-order valence-corrected chi connectivity index (χ1v) is 4.51. The van der Waals surface area contributed by atoms with Crippen LogP contribution in [0.3, 0.4) is 0 Å². The fourth-order valence-electron chi connectivity index (χ4n) is 0.846. The number of ether oxygens (including phenoxy) is 2. The van der Waals surface area contributed by atoms with E-state index in [-0.39, 0.29) is 10.8 Å². The van der Waals surface area contributed by atoms with E-state index in [1.807, 2.05) is 0 Å². The van der Waals surface area contributed by atoms with Crippen molar-refractivity contribution in [2.24, 2.45) is 0 Å². The monoisotopic (exact) mass is 217 g/mol. The molecule has 0 aliphatic carbocycles. The Bertz CT molecular complexity index is 296. The molecule has 0 fully saturated rings. The summed E-state index contributed by atoms with van der Waals surface area (Å²) in [6.45, 7) is 1.13. The predicted octanol–water partition coefficient (Wildman–Crippen LogP) is 1.13. The summed E-state index contributed by atoms with van der Waals surface area (Å²) in [6.07, 6.45) is 2.09. The van der Waals surface area contributed by atoms with Crippen molar-refractivity contribution >= 4 is 17.3 Å². The van der Waals surface area contributed by atoms with Crippen molar-refractivity contribution in [3.63, 3.8) is 0 Å². The average Bonchev–Trinajstić information content (AvgIpc) is 2.19. The zero-order chi connectivity index (χ0) is 10.4. The lowest BCUT2D eigenvalue weighted by Crippen LogP contribution is -2.05. The number of aromatic nitrogens is 2. The largest absolute Gasteiger partial charge is 0.476 e. The van der Waals surface area contributed by atoms with Crippen molar-refractivity contribution in [2.75, 3.05) is 26.1 Å². The summed E-state index contributed by atoms with van der Waals surface area (Å²) in [5.74, 6) is 0.320. The van der Waals surface area contributed by atoms with Crippen molar-refractivity contribution < 1.29 is 9.47 Å². The molecule has 1 heterocycles. The lowest BCUT2D eigenvalue weighted by Gasteiger charge is -2.07. The van der Waals surface area contributed by atoms with Gasteiger partial charge in [0, 0.05) is 20.1 Å². The van der Waals surface area contributed by atoms with Crippen LogP contribution in [0.2, 0.25) is 5.15 Å². The maximum Gasteiger partial charge on any atom is 0.241 e. The summed E-state index contributed by atoms with van der Waals surface area (Å²) < 4.78 is 10.1. The minimum Gasteiger partial charge on any atom is -0.476 e. The average molecular weight is 218 g/mol. The molecule has 1 aromatic heterocycles. The smallest absolute Gasteiger partial charge is 0.241 e. The molecule has 14 heavy (non-hydrogen) atoms. The summed E-state index contributed by atoms with van der Waals surface area (Å²) in [4.78, 5) is 7.56. The predicted molar refractivity (Wildman–Crippen MR) is 53.4 cm³/mol. The third kappa shape index (κ3) is 3.01. The third-order valence-corrected chi connectivity index (χ3v) is 1.83. The quantitative estimate of drug-likeness (QED) is 0.591. The molecule has 0 atom stereocenters. The van der Waals surface area contributed by atoms with Gasteiger partial charge in [-0.15, -0.1) is 0 Å². The highest BCUT2D eigenvalue weighted by Crippen LogP contribution is 2.23. The van der Waals surface area contributed by atoms with Crippen LogP contribution in [-0.2, 0) is 4.74 Å². The molecule has 0 saturated heterocycles. The molecule has 0 unspecified atom stereocenters. The topological polar surface area (TPSA) is 70.3 Å². The van der Waals surface area contributed by atoms with Gasteiger partial charge in [0.05, 0.1) is 6.61 Å². The first-order chi connectivity index (χ1) is 6.75. The highest BCUT2D eigenvalue weighted by atomic mass is 35.5. The Labute approximate surface area is 87.2 Å². The molecule has 6 heteroatoms.